The van der Waals surface area contributed by atoms with Crippen LogP contribution >= 0.6 is 0 Å². The van der Waals surface area contributed by atoms with Gasteiger partial charge in [-0.05, 0) is 62.6 Å². The number of amides is 1. The van der Waals surface area contributed by atoms with Gasteiger partial charge in [-0.15, -0.1) is 0 Å². The quantitative estimate of drug-likeness (QED) is 0.725. The van der Waals surface area contributed by atoms with Crippen LogP contribution in [0.15, 0.2) is 24.3 Å². The smallest absolute Gasteiger partial charge is 0.228 e. The number of carbonyl (C=O) groups is 1. The second-order valence-corrected chi connectivity index (χ2v) is 7.59. The van der Waals surface area contributed by atoms with Crippen LogP contribution in [-0.4, -0.2) is 30.5 Å². The van der Waals surface area contributed by atoms with E-state index in [-0.39, 0.29) is 5.41 Å². The van der Waals surface area contributed by atoms with Gasteiger partial charge >= 0.3 is 0 Å². The predicted molar refractivity (Wildman–Crippen MR) is 99.3 cm³/mol. The second kappa shape index (κ2) is 8.55. The Morgan fingerprint density at radius 1 is 1.17 bits per heavy atom. The lowest BCUT2D eigenvalue weighted by Crippen LogP contribution is -2.45. The first-order valence-corrected chi connectivity index (χ1v) is 9.47. The van der Waals surface area contributed by atoms with Crippen molar-refractivity contribution in [2.45, 2.75) is 59.8 Å². The predicted octanol–water partition coefficient (Wildman–Crippen LogP) is 4.69. The van der Waals surface area contributed by atoms with Gasteiger partial charge in [0.25, 0.3) is 0 Å². The van der Waals surface area contributed by atoms with Crippen LogP contribution in [0.5, 0.6) is 5.75 Å². The summed E-state index contributed by atoms with van der Waals surface area (Å²) in [6, 6.07) is 8.47. The van der Waals surface area contributed by atoms with Gasteiger partial charge < -0.3 is 9.64 Å². The van der Waals surface area contributed by atoms with E-state index in [9.17, 15) is 4.79 Å². The van der Waals surface area contributed by atoms with Gasteiger partial charge in [0.1, 0.15) is 5.75 Å². The topological polar surface area (TPSA) is 29.5 Å². The Kier molecular flexibility index (Phi) is 6.70. The molecule has 1 saturated heterocycles. The van der Waals surface area contributed by atoms with E-state index in [0.717, 1.165) is 50.4 Å². The van der Waals surface area contributed by atoms with Crippen molar-refractivity contribution in [3.8, 4) is 5.75 Å². The van der Waals surface area contributed by atoms with Crippen LogP contribution < -0.4 is 4.74 Å². The molecule has 24 heavy (non-hydrogen) atoms. The molecule has 0 saturated carbocycles. The van der Waals surface area contributed by atoms with Crippen LogP contribution in [-0.2, 0) is 11.2 Å². The van der Waals surface area contributed by atoms with Crippen LogP contribution in [0.25, 0.3) is 0 Å². The van der Waals surface area contributed by atoms with Gasteiger partial charge in [0.05, 0.1) is 6.61 Å². The lowest BCUT2D eigenvalue weighted by molar-refractivity contribution is -0.142. The molecule has 3 heteroatoms. The Morgan fingerprint density at radius 2 is 1.79 bits per heavy atom. The first kappa shape index (κ1) is 18.8. The SMILES string of the molecule is CCOc1ccc(CCC2CCN(C(=O)C(C)(C)CC)CC2)cc1. The number of carbonyl (C=O) groups excluding carboxylic acids is 1. The number of rotatable bonds is 7. The number of hydrogen-bond acceptors (Lipinski definition) is 2. The van der Waals surface area contributed by atoms with Gasteiger partial charge in [0.15, 0.2) is 0 Å². The Hall–Kier alpha value is -1.51. The van der Waals surface area contributed by atoms with Crippen LogP contribution in [0, 0.1) is 11.3 Å². The molecular weight excluding hydrogens is 298 g/mol. The first-order valence-electron chi connectivity index (χ1n) is 9.47. The summed E-state index contributed by atoms with van der Waals surface area (Å²) in [4.78, 5) is 14.6. The molecule has 0 spiro atoms. The van der Waals surface area contributed by atoms with Crippen molar-refractivity contribution in [1.29, 1.82) is 0 Å². The van der Waals surface area contributed by atoms with Crippen molar-refractivity contribution in [2.75, 3.05) is 19.7 Å². The third-order valence-electron chi connectivity index (χ3n) is 5.44. The minimum absolute atomic E-state index is 0.213. The lowest BCUT2D eigenvalue weighted by Gasteiger charge is -2.36. The van der Waals surface area contributed by atoms with E-state index in [1.54, 1.807) is 0 Å². The standard InChI is InChI=1S/C21H33NO2/c1-5-21(3,4)20(23)22-15-13-18(14-16-22)8-7-17-9-11-19(12-10-17)24-6-2/h9-12,18H,5-8,13-16H2,1-4H3. The Morgan fingerprint density at radius 3 is 2.33 bits per heavy atom. The molecule has 1 aromatic rings. The van der Waals surface area contributed by atoms with Crippen molar-refractivity contribution in [3.05, 3.63) is 29.8 Å². The zero-order valence-corrected chi connectivity index (χ0v) is 15.8. The highest BCUT2D eigenvalue weighted by Crippen LogP contribution is 2.28. The summed E-state index contributed by atoms with van der Waals surface area (Å²) in [7, 11) is 0. The zero-order valence-electron chi connectivity index (χ0n) is 15.8. The second-order valence-electron chi connectivity index (χ2n) is 7.59. The summed E-state index contributed by atoms with van der Waals surface area (Å²) in [6.07, 6.45) is 5.52. The van der Waals surface area contributed by atoms with Gasteiger partial charge in [-0.3, -0.25) is 4.79 Å². The highest BCUT2D eigenvalue weighted by molar-refractivity contribution is 5.81. The number of benzene rings is 1. The molecule has 1 heterocycles. The summed E-state index contributed by atoms with van der Waals surface area (Å²) in [5.74, 6) is 2.02. The summed E-state index contributed by atoms with van der Waals surface area (Å²) in [6.45, 7) is 10.8. The fourth-order valence-corrected chi connectivity index (χ4v) is 3.29. The maximum absolute atomic E-state index is 12.5. The Bertz CT molecular complexity index is 513. The van der Waals surface area contributed by atoms with E-state index in [2.05, 4.69) is 49.9 Å². The maximum Gasteiger partial charge on any atom is 0.228 e. The van der Waals surface area contributed by atoms with Crippen LogP contribution in [0.4, 0.5) is 0 Å². The Labute approximate surface area is 147 Å². The maximum atomic E-state index is 12.5. The average Bonchev–Trinajstić information content (AvgIpc) is 2.61. The third-order valence-corrected chi connectivity index (χ3v) is 5.44. The first-order chi connectivity index (χ1) is 11.5. The van der Waals surface area contributed by atoms with Gasteiger partial charge in [-0.1, -0.05) is 32.9 Å². The largest absolute Gasteiger partial charge is 0.494 e. The minimum Gasteiger partial charge on any atom is -0.494 e. The molecule has 0 aromatic heterocycles. The molecule has 2 rings (SSSR count). The fourth-order valence-electron chi connectivity index (χ4n) is 3.29. The van der Waals surface area contributed by atoms with Gasteiger partial charge in [-0.25, -0.2) is 0 Å². The van der Waals surface area contributed by atoms with Crippen molar-refractivity contribution < 1.29 is 9.53 Å². The van der Waals surface area contributed by atoms with E-state index >= 15 is 0 Å². The summed E-state index contributed by atoms with van der Waals surface area (Å²) in [5, 5.41) is 0. The molecule has 0 atom stereocenters. The van der Waals surface area contributed by atoms with Crippen LogP contribution in [0.3, 0.4) is 0 Å². The number of piperidine rings is 1. The van der Waals surface area contributed by atoms with Gasteiger partial charge in [-0.2, -0.15) is 0 Å². The number of aryl methyl sites for hydroxylation is 1. The van der Waals surface area contributed by atoms with E-state index < -0.39 is 0 Å². The highest BCUT2D eigenvalue weighted by Gasteiger charge is 2.32. The van der Waals surface area contributed by atoms with E-state index in [1.165, 1.54) is 12.0 Å². The van der Waals surface area contributed by atoms with Crippen molar-refractivity contribution in [2.24, 2.45) is 11.3 Å². The third kappa shape index (κ3) is 4.99. The summed E-state index contributed by atoms with van der Waals surface area (Å²) >= 11 is 0. The van der Waals surface area contributed by atoms with E-state index in [4.69, 9.17) is 4.74 Å². The molecule has 0 N–H and O–H groups in total. The molecular formula is C21H33NO2. The van der Waals surface area contributed by atoms with Gasteiger partial charge in [0, 0.05) is 18.5 Å². The molecule has 0 aliphatic carbocycles. The number of likely N-dealkylation sites (tertiary alicyclic amines) is 1. The molecule has 3 nitrogen and oxygen atoms in total. The molecule has 0 bridgehead atoms. The molecule has 1 amide bonds. The minimum atomic E-state index is -0.213. The molecule has 1 aromatic carbocycles. The number of nitrogens with zero attached hydrogens (tertiary/aromatic N) is 1. The van der Waals surface area contributed by atoms with E-state index in [0.29, 0.717) is 12.5 Å². The average molecular weight is 332 g/mol. The summed E-state index contributed by atoms with van der Waals surface area (Å²) in [5.41, 5.74) is 1.17. The number of hydrogen-bond donors (Lipinski definition) is 0. The van der Waals surface area contributed by atoms with Crippen LogP contribution in [0.2, 0.25) is 0 Å². The fraction of sp³-hybridized carbons (Fsp3) is 0.667. The van der Waals surface area contributed by atoms with Gasteiger partial charge in [0.2, 0.25) is 5.91 Å². The molecule has 1 aliphatic heterocycles. The lowest BCUT2D eigenvalue weighted by atomic mass is 9.85. The zero-order chi connectivity index (χ0) is 17.6. The molecule has 0 radical (unpaired) electrons. The molecule has 0 unspecified atom stereocenters. The molecule has 1 aliphatic rings. The Balaban J connectivity index is 1.76. The molecule has 1 fully saturated rings. The van der Waals surface area contributed by atoms with E-state index in [1.807, 2.05) is 6.92 Å². The highest BCUT2D eigenvalue weighted by atomic mass is 16.5. The monoisotopic (exact) mass is 331 g/mol. The number of ether oxygens (including phenoxy) is 1. The normalized spacial score (nSPS) is 16.2. The summed E-state index contributed by atoms with van der Waals surface area (Å²) < 4.78 is 5.49. The van der Waals surface area contributed by atoms with Crippen molar-refractivity contribution >= 4 is 5.91 Å². The van der Waals surface area contributed by atoms with Crippen LogP contribution in [0.1, 0.15) is 58.9 Å². The van der Waals surface area contributed by atoms with Crippen molar-refractivity contribution in [3.63, 3.8) is 0 Å². The molecule has 134 valence electrons. The van der Waals surface area contributed by atoms with Crippen molar-refractivity contribution in [1.82, 2.24) is 4.90 Å².